The van der Waals surface area contributed by atoms with Crippen LogP contribution in [0.25, 0.3) is 10.9 Å². The van der Waals surface area contributed by atoms with Crippen molar-refractivity contribution in [2.45, 2.75) is 39.3 Å². The van der Waals surface area contributed by atoms with E-state index in [1.165, 1.54) is 18.4 Å². The molecule has 30 heavy (non-hydrogen) atoms. The molecule has 5 rings (SSSR count). The first-order valence-electron chi connectivity index (χ1n) is 11.1. The number of nitrogens with zero attached hydrogens (tertiary/aromatic N) is 3. The molecule has 2 aromatic carbocycles. The van der Waals surface area contributed by atoms with Crippen LogP contribution >= 0.6 is 0 Å². The molecule has 0 atom stereocenters. The van der Waals surface area contributed by atoms with Crippen LogP contribution in [0.2, 0.25) is 0 Å². The van der Waals surface area contributed by atoms with Gasteiger partial charge in [-0.1, -0.05) is 48.5 Å². The highest BCUT2D eigenvalue weighted by Gasteiger charge is 2.31. The maximum atomic E-state index is 13.1. The van der Waals surface area contributed by atoms with Crippen LogP contribution < -0.4 is 0 Å². The molecule has 2 aliphatic heterocycles. The van der Waals surface area contributed by atoms with E-state index >= 15 is 0 Å². The Hall–Kier alpha value is -2.72. The lowest BCUT2D eigenvalue weighted by molar-refractivity contribution is 0.0756. The number of hydrogen-bond acceptors (Lipinski definition) is 3. The average Bonchev–Trinajstić information content (AvgIpc) is 3.09. The van der Waals surface area contributed by atoms with Crippen LogP contribution in [0.15, 0.2) is 54.6 Å². The highest BCUT2D eigenvalue weighted by Crippen LogP contribution is 2.31. The van der Waals surface area contributed by atoms with Gasteiger partial charge in [0.25, 0.3) is 5.91 Å². The molecular weight excluding hydrogens is 370 g/mol. The topological polar surface area (TPSA) is 36.4 Å². The minimum Gasteiger partial charge on any atom is -0.333 e. The molecule has 0 saturated carbocycles. The molecule has 1 saturated heterocycles. The predicted molar refractivity (Wildman–Crippen MR) is 120 cm³/mol. The number of pyridine rings is 1. The number of para-hydroxylation sites is 1. The third kappa shape index (κ3) is 3.72. The van der Waals surface area contributed by atoms with Crippen molar-refractivity contribution in [3.8, 4) is 0 Å². The number of aromatic nitrogens is 1. The first-order valence-corrected chi connectivity index (χ1v) is 11.1. The van der Waals surface area contributed by atoms with E-state index < -0.39 is 0 Å². The third-order valence-electron chi connectivity index (χ3n) is 6.83. The Balaban J connectivity index is 1.17. The number of hydrogen-bond donors (Lipinski definition) is 0. The largest absolute Gasteiger partial charge is 0.333 e. The molecule has 4 heteroatoms. The van der Waals surface area contributed by atoms with Crippen molar-refractivity contribution >= 4 is 16.8 Å². The van der Waals surface area contributed by atoms with E-state index in [-0.39, 0.29) is 5.91 Å². The summed E-state index contributed by atoms with van der Waals surface area (Å²) in [5.41, 5.74) is 5.26. The fourth-order valence-corrected chi connectivity index (χ4v) is 5.04. The molecule has 2 aliphatic rings. The first kappa shape index (κ1) is 19.3. The van der Waals surface area contributed by atoms with Gasteiger partial charge in [0.05, 0.1) is 23.3 Å². The summed E-state index contributed by atoms with van der Waals surface area (Å²) in [4.78, 5) is 22.4. The number of benzene rings is 2. The van der Waals surface area contributed by atoms with E-state index in [9.17, 15) is 4.79 Å². The summed E-state index contributed by atoms with van der Waals surface area (Å²) in [6.45, 7) is 6.92. The Morgan fingerprint density at radius 1 is 1.00 bits per heavy atom. The summed E-state index contributed by atoms with van der Waals surface area (Å²) in [6, 6.07) is 18.9. The van der Waals surface area contributed by atoms with Crippen LogP contribution in [-0.4, -0.2) is 40.3 Å². The number of carbonyl (C=O) groups excluding carboxylic acids is 1. The maximum Gasteiger partial charge on any atom is 0.256 e. The average molecular weight is 400 g/mol. The molecule has 3 aromatic rings. The third-order valence-corrected chi connectivity index (χ3v) is 6.83. The lowest BCUT2D eigenvalue weighted by atomic mass is 9.93. The summed E-state index contributed by atoms with van der Waals surface area (Å²) in [5.74, 6) is 0.879. The second-order valence-corrected chi connectivity index (χ2v) is 8.80. The normalized spacial score (nSPS) is 17.6. The summed E-state index contributed by atoms with van der Waals surface area (Å²) < 4.78 is 0. The van der Waals surface area contributed by atoms with Gasteiger partial charge in [-0.05, 0) is 62.4 Å². The van der Waals surface area contributed by atoms with Gasteiger partial charge in [0, 0.05) is 18.5 Å². The van der Waals surface area contributed by atoms with E-state index in [0.29, 0.717) is 12.5 Å². The van der Waals surface area contributed by atoms with Gasteiger partial charge in [0.15, 0.2) is 0 Å². The van der Waals surface area contributed by atoms with Crippen molar-refractivity contribution < 1.29 is 4.79 Å². The number of amides is 1. The maximum absolute atomic E-state index is 13.1. The van der Waals surface area contributed by atoms with Gasteiger partial charge in [-0.15, -0.1) is 0 Å². The fourth-order valence-electron chi connectivity index (χ4n) is 5.04. The quantitative estimate of drug-likeness (QED) is 0.618. The van der Waals surface area contributed by atoms with Crippen LogP contribution in [0.3, 0.4) is 0 Å². The van der Waals surface area contributed by atoms with Gasteiger partial charge in [0.1, 0.15) is 0 Å². The second-order valence-electron chi connectivity index (χ2n) is 8.80. The van der Waals surface area contributed by atoms with Gasteiger partial charge in [-0.25, -0.2) is 0 Å². The second kappa shape index (κ2) is 8.19. The number of carbonyl (C=O) groups is 1. The molecule has 154 valence electrons. The van der Waals surface area contributed by atoms with Gasteiger partial charge in [-0.2, -0.15) is 0 Å². The van der Waals surface area contributed by atoms with Gasteiger partial charge in [0.2, 0.25) is 0 Å². The van der Waals surface area contributed by atoms with Crippen LogP contribution in [-0.2, 0) is 13.1 Å². The Labute approximate surface area is 178 Å². The molecule has 0 N–H and O–H groups in total. The van der Waals surface area contributed by atoms with E-state index in [1.807, 2.05) is 23.1 Å². The van der Waals surface area contributed by atoms with Crippen LogP contribution in [0.4, 0.5) is 0 Å². The highest BCUT2D eigenvalue weighted by atomic mass is 16.2. The number of aryl methyl sites for hydroxylation is 1. The van der Waals surface area contributed by atoms with Crippen molar-refractivity contribution in [2.75, 3.05) is 19.6 Å². The number of fused-ring (bicyclic) bond motifs is 2. The van der Waals surface area contributed by atoms with E-state index in [2.05, 4.69) is 48.2 Å². The van der Waals surface area contributed by atoms with Gasteiger partial charge < -0.3 is 4.90 Å². The van der Waals surface area contributed by atoms with E-state index in [0.717, 1.165) is 60.3 Å². The zero-order valence-electron chi connectivity index (χ0n) is 17.7. The smallest absolute Gasteiger partial charge is 0.256 e. The standard InChI is InChI=1S/C26H29N3O/c1-19-22-9-5-6-10-23(22)27-24-18-29(26(30)25(19)24)16-13-20-11-14-28(15-12-20)17-21-7-3-2-4-8-21/h2-10,20H,11-18H2,1H3. The Bertz CT molecular complexity index is 1050. The monoisotopic (exact) mass is 399 g/mol. The van der Waals surface area contributed by atoms with E-state index in [4.69, 9.17) is 4.98 Å². The summed E-state index contributed by atoms with van der Waals surface area (Å²) in [6.07, 6.45) is 3.55. The van der Waals surface area contributed by atoms with E-state index in [1.54, 1.807) is 0 Å². The lowest BCUT2D eigenvalue weighted by Crippen LogP contribution is -2.35. The molecule has 0 bridgehead atoms. The van der Waals surface area contributed by atoms with Crippen molar-refractivity contribution in [2.24, 2.45) is 5.92 Å². The fraction of sp³-hybridized carbons (Fsp3) is 0.385. The molecule has 1 amide bonds. The Morgan fingerprint density at radius 3 is 2.53 bits per heavy atom. The van der Waals surface area contributed by atoms with Crippen molar-refractivity contribution in [1.29, 1.82) is 0 Å². The molecule has 0 unspecified atom stereocenters. The van der Waals surface area contributed by atoms with Crippen molar-refractivity contribution in [1.82, 2.24) is 14.8 Å². The molecule has 1 aromatic heterocycles. The molecule has 3 heterocycles. The molecule has 0 radical (unpaired) electrons. The number of piperidine rings is 1. The summed E-state index contributed by atoms with van der Waals surface area (Å²) in [5, 5.41) is 1.09. The van der Waals surface area contributed by atoms with Crippen LogP contribution in [0.5, 0.6) is 0 Å². The SMILES string of the molecule is Cc1c2c(nc3ccccc13)CN(CCC1CCN(Cc3ccccc3)CC1)C2=O. The zero-order valence-corrected chi connectivity index (χ0v) is 17.7. The van der Waals surface area contributed by atoms with Gasteiger partial charge >= 0.3 is 0 Å². The van der Waals surface area contributed by atoms with Crippen molar-refractivity contribution in [3.05, 3.63) is 77.0 Å². The van der Waals surface area contributed by atoms with Crippen LogP contribution in [0, 0.1) is 12.8 Å². The Kier molecular flexibility index (Phi) is 5.26. The number of likely N-dealkylation sites (tertiary alicyclic amines) is 1. The molecule has 0 spiro atoms. The molecule has 4 nitrogen and oxygen atoms in total. The molecular formula is C26H29N3O. The number of rotatable bonds is 5. The predicted octanol–water partition coefficient (Wildman–Crippen LogP) is 4.80. The minimum atomic E-state index is 0.169. The van der Waals surface area contributed by atoms with Crippen LogP contribution in [0.1, 0.15) is 46.4 Å². The minimum absolute atomic E-state index is 0.169. The highest BCUT2D eigenvalue weighted by molar-refractivity contribution is 6.03. The summed E-state index contributed by atoms with van der Waals surface area (Å²) >= 11 is 0. The lowest BCUT2D eigenvalue weighted by Gasteiger charge is -2.32. The summed E-state index contributed by atoms with van der Waals surface area (Å²) in [7, 11) is 0. The Morgan fingerprint density at radius 2 is 1.73 bits per heavy atom. The van der Waals surface area contributed by atoms with Crippen molar-refractivity contribution in [3.63, 3.8) is 0 Å². The molecule has 0 aliphatic carbocycles. The first-order chi connectivity index (χ1) is 14.7. The zero-order chi connectivity index (χ0) is 20.5. The molecule has 1 fully saturated rings. The van der Waals surface area contributed by atoms with Gasteiger partial charge in [-0.3, -0.25) is 14.7 Å².